The number of hydrogen-bond donors (Lipinski definition) is 1. The van der Waals surface area contributed by atoms with Gasteiger partial charge in [-0.05, 0) is 45.6 Å². The van der Waals surface area contributed by atoms with E-state index in [1.54, 1.807) is 6.08 Å². The number of rotatable bonds is 6. The third-order valence-electron chi connectivity index (χ3n) is 2.29. The van der Waals surface area contributed by atoms with Gasteiger partial charge in [0.15, 0.2) is 5.78 Å². The van der Waals surface area contributed by atoms with Crippen molar-refractivity contribution in [3.8, 4) is 0 Å². The second kappa shape index (κ2) is 7.41. The fraction of sp³-hybridized carbons (Fsp3) is 0.615. The van der Waals surface area contributed by atoms with E-state index in [1.165, 1.54) is 18.6 Å². The summed E-state index contributed by atoms with van der Waals surface area (Å²) < 4.78 is 0. The van der Waals surface area contributed by atoms with Crippen LogP contribution in [0, 0.1) is 5.92 Å². The smallest absolute Gasteiger partial charge is 0.152 e. The third kappa shape index (κ3) is 8.13. The van der Waals surface area contributed by atoms with Crippen molar-refractivity contribution >= 4 is 5.78 Å². The molecule has 2 atom stereocenters. The summed E-state index contributed by atoms with van der Waals surface area (Å²) in [6, 6.07) is 0. The van der Waals surface area contributed by atoms with Gasteiger partial charge in [-0.1, -0.05) is 24.6 Å². The van der Waals surface area contributed by atoms with E-state index in [2.05, 4.69) is 19.9 Å². The number of aliphatic hydroxyl groups excluding tert-OH is 1. The first-order valence-corrected chi connectivity index (χ1v) is 5.43. The van der Waals surface area contributed by atoms with Crippen LogP contribution in [0.4, 0.5) is 0 Å². The largest absolute Gasteiger partial charge is 0.389 e. The van der Waals surface area contributed by atoms with Crippen LogP contribution >= 0.6 is 0 Å². The molecule has 0 aliphatic heterocycles. The van der Waals surface area contributed by atoms with Crippen molar-refractivity contribution in [2.24, 2.45) is 5.92 Å². The van der Waals surface area contributed by atoms with Gasteiger partial charge in [0.2, 0.25) is 0 Å². The Balaban J connectivity index is 3.94. The molecule has 2 nitrogen and oxygen atoms in total. The molecule has 0 saturated heterocycles. The van der Waals surface area contributed by atoms with Gasteiger partial charge < -0.3 is 5.11 Å². The van der Waals surface area contributed by atoms with Gasteiger partial charge in [-0.2, -0.15) is 0 Å². The average Bonchev–Trinajstić information content (AvgIpc) is 2.13. The van der Waals surface area contributed by atoms with E-state index in [0.717, 1.165) is 12.8 Å². The monoisotopic (exact) mass is 210 g/mol. The van der Waals surface area contributed by atoms with E-state index in [1.807, 2.05) is 6.92 Å². The number of ketones is 1. The maximum atomic E-state index is 10.7. The van der Waals surface area contributed by atoms with E-state index in [4.69, 9.17) is 0 Å². The molecule has 0 radical (unpaired) electrons. The van der Waals surface area contributed by atoms with Crippen LogP contribution in [0.3, 0.4) is 0 Å². The van der Waals surface area contributed by atoms with Crippen LogP contribution in [0.25, 0.3) is 0 Å². The first-order chi connectivity index (χ1) is 6.93. The molecule has 0 aliphatic rings. The predicted octanol–water partition coefficient (Wildman–Crippen LogP) is 2.88. The van der Waals surface area contributed by atoms with E-state index < -0.39 is 6.10 Å². The van der Waals surface area contributed by atoms with Crippen molar-refractivity contribution in [2.75, 3.05) is 0 Å². The van der Waals surface area contributed by atoms with Crippen molar-refractivity contribution in [1.82, 2.24) is 0 Å². The number of allylic oxidation sites excluding steroid dienone is 3. The highest BCUT2D eigenvalue weighted by Gasteiger charge is 2.09. The van der Waals surface area contributed by atoms with Gasteiger partial charge >= 0.3 is 0 Å². The zero-order valence-corrected chi connectivity index (χ0v) is 10.2. The number of hydrogen-bond acceptors (Lipinski definition) is 2. The van der Waals surface area contributed by atoms with Gasteiger partial charge in [-0.15, -0.1) is 0 Å². The Morgan fingerprint density at radius 2 is 1.93 bits per heavy atom. The Hall–Kier alpha value is -0.890. The summed E-state index contributed by atoms with van der Waals surface area (Å²) in [5.41, 5.74) is 1.30. The van der Waals surface area contributed by atoms with Crippen LogP contribution in [0.5, 0.6) is 0 Å². The lowest BCUT2D eigenvalue weighted by molar-refractivity contribution is -0.112. The van der Waals surface area contributed by atoms with Gasteiger partial charge in [-0.25, -0.2) is 0 Å². The van der Waals surface area contributed by atoms with Gasteiger partial charge in [0.05, 0.1) is 6.10 Å². The zero-order valence-electron chi connectivity index (χ0n) is 10.2. The summed E-state index contributed by atoms with van der Waals surface area (Å²) in [4.78, 5) is 10.7. The Labute approximate surface area is 92.7 Å². The molecule has 15 heavy (non-hydrogen) atoms. The predicted molar refractivity (Wildman–Crippen MR) is 63.7 cm³/mol. The molecular weight excluding hydrogens is 188 g/mol. The van der Waals surface area contributed by atoms with Gasteiger partial charge in [0, 0.05) is 0 Å². The van der Waals surface area contributed by atoms with Crippen LogP contribution in [0.15, 0.2) is 23.8 Å². The SMILES string of the molecule is CC(=O)/C=C/C(O)C(C)CCC=C(C)C. The van der Waals surface area contributed by atoms with E-state index >= 15 is 0 Å². The second-order valence-electron chi connectivity index (χ2n) is 4.30. The molecule has 0 aromatic heterocycles. The molecule has 0 bridgehead atoms. The van der Waals surface area contributed by atoms with Crippen molar-refractivity contribution in [3.63, 3.8) is 0 Å². The molecule has 0 aromatic rings. The summed E-state index contributed by atoms with van der Waals surface area (Å²) in [6.45, 7) is 7.61. The first kappa shape index (κ1) is 14.1. The quantitative estimate of drug-likeness (QED) is 0.540. The lowest BCUT2D eigenvalue weighted by Gasteiger charge is -2.14. The molecule has 86 valence electrons. The molecule has 0 fully saturated rings. The Morgan fingerprint density at radius 3 is 2.40 bits per heavy atom. The highest BCUT2D eigenvalue weighted by atomic mass is 16.3. The summed E-state index contributed by atoms with van der Waals surface area (Å²) in [5, 5.41) is 9.67. The molecule has 0 heterocycles. The van der Waals surface area contributed by atoms with Crippen LogP contribution in [0.2, 0.25) is 0 Å². The van der Waals surface area contributed by atoms with Gasteiger partial charge in [-0.3, -0.25) is 4.79 Å². The van der Waals surface area contributed by atoms with Crippen LogP contribution in [-0.2, 0) is 4.79 Å². The highest BCUT2D eigenvalue weighted by molar-refractivity contribution is 5.87. The van der Waals surface area contributed by atoms with Crippen molar-refractivity contribution in [1.29, 1.82) is 0 Å². The fourth-order valence-corrected chi connectivity index (χ4v) is 1.23. The van der Waals surface area contributed by atoms with Crippen LogP contribution in [-0.4, -0.2) is 17.0 Å². The molecule has 0 aliphatic carbocycles. The van der Waals surface area contributed by atoms with Gasteiger partial charge in [0.25, 0.3) is 0 Å². The van der Waals surface area contributed by atoms with Crippen molar-refractivity contribution in [2.45, 2.75) is 46.6 Å². The maximum absolute atomic E-state index is 10.7. The van der Waals surface area contributed by atoms with E-state index in [9.17, 15) is 9.90 Å². The molecule has 0 spiro atoms. The standard InChI is InChI=1S/C13H22O2/c1-10(2)6-5-7-11(3)13(15)9-8-12(4)14/h6,8-9,11,13,15H,5,7H2,1-4H3/b9-8+. The van der Waals surface area contributed by atoms with E-state index in [-0.39, 0.29) is 11.7 Å². The number of carbonyl (C=O) groups excluding carboxylic acids is 1. The minimum atomic E-state index is -0.514. The average molecular weight is 210 g/mol. The molecule has 2 heteroatoms. The molecule has 0 saturated carbocycles. The minimum absolute atomic E-state index is 0.0226. The zero-order chi connectivity index (χ0) is 11.8. The summed E-state index contributed by atoms with van der Waals surface area (Å²) in [7, 11) is 0. The summed E-state index contributed by atoms with van der Waals surface area (Å²) in [5.74, 6) is 0.168. The summed E-state index contributed by atoms with van der Waals surface area (Å²) >= 11 is 0. The minimum Gasteiger partial charge on any atom is -0.389 e. The normalized spacial score (nSPS) is 15.0. The van der Waals surface area contributed by atoms with Crippen molar-refractivity contribution < 1.29 is 9.90 Å². The third-order valence-corrected chi connectivity index (χ3v) is 2.29. The van der Waals surface area contributed by atoms with Crippen molar-refractivity contribution in [3.05, 3.63) is 23.8 Å². The Kier molecular flexibility index (Phi) is 6.97. The summed E-state index contributed by atoms with van der Waals surface area (Å²) in [6.07, 6.45) is 6.58. The molecule has 0 aromatic carbocycles. The lowest BCUT2D eigenvalue weighted by atomic mass is 9.98. The highest BCUT2D eigenvalue weighted by Crippen LogP contribution is 2.13. The second-order valence-corrected chi connectivity index (χ2v) is 4.30. The van der Waals surface area contributed by atoms with Crippen LogP contribution in [0.1, 0.15) is 40.5 Å². The van der Waals surface area contributed by atoms with E-state index in [0.29, 0.717) is 0 Å². The number of aliphatic hydroxyl groups is 1. The molecular formula is C13H22O2. The number of carbonyl (C=O) groups is 1. The Morgan fingerprint density at radius 1 is 1.33 bits per heavy atom. The fourth-order valence-electron chi connectivity index (χ4n) is 1.23. The first-order valence-electron chi connectivity index (χ1n) is 5.43. The molecule has 1 N–H and O–H groups in total. The molecule has 0 rings (SSSR count). The van der Waals surface area contributed by atoms with Crippen LogP contribution < -0.4 is 0 Å². The van der Waals surface area contributed by atoms with Gasteiger partial charge in [0.1, 0.15) is 0 Å². The molecule has 2 unspecified atom stereocenters. The Bertz CT molecular complexity index is 247. The molecule has 0 amide bonds. The lowest BCUT2D eigenvalue weighted by Crippen LogP contribution is -2.14. The maximum Gasteiger partial charge on any atom is 0.152 e. The topological polar surface area (TPSA) is 37.3 Å².